The molecule has 0 aliphatic carbocycles. The molecule has 0 aliphatic rings. The fraction of sp³-hybridized carbons (Fsp3) is 0.308. The molecule has 0 aliphatic heterocycles. The molecule has 1 atom stereocenters. The molecule has 1 heterocycles. The van der Waals surface area contributed by atoms with Gasteiger partial charge in [0.25, 0.3) is 0 Å². The van der Waals surface area contributed by atoms with Crippen molar-refractivity contribution in [1.82, 2.24) is 5.16 Å². The van der Waals surface area contributed by atoms with Gasteiger partial charge in [0.15, 0.2) is 5.76 Å². The van der Waals surface area contributed by atoms with Gasteiger partial charge in [-0.2, -0.15) is 0 Å². The first-order chi connectivity index (χ1) is 8.61. The number of rotatable bonds is 4. The van der Waals surface area contributed by atoms with Gasteiger partial charge in [-0.15, -0.1) is 0 Å². The van der Waals surface area contributed by atoms with Crippen LogP contribution in [0.25, 0.3) is 11.3 Å². The first kappa shape index (κ1) is 13.6. The lowest BCUT2D eigenvalue weighted by Crippen LogP contribution is -2.08. The van der Waals surface area contributed by atoms with Crippen LogP contribution in [0.1, 0.15) is 31.6 Å². The second-order valence-corrected chi connectivity index (χ2v) is 5.40. The smallest absolute Gasteiger partial charge is 0.154 e. The molecular formula is C13H14BrClN2O. The van der Waals surface area contributed by atoms with Crippen molar-refractivity contribution in [2.24, 2.45) is 5.73 Å². The Hall–Kier alpha value is -0.840. The lowest BCUT2D eigenvalue weighted by Gasteiger charge is -2.03. The van der Waals surface area contributed by atoms with Gasteiger partial charge in [-0.3, -0.25) is 0 Å². The highest BCUT2D eigenvalue weighted by Crippen LogP contribution is 2.29. The summed E-state index contributed by atoms with van der Waals surface area (Å²) in [5, 5.41) is 4.71. The van der Waals surface area contributed by atoms with Crippen molar-refractivity contribution in [3.63, 3.8) is 0 Å². The first-order valence-corrected chi connectivity index (χ1v) is 6.96. The number of benzene rings is 1. The maximum Gasteiger partial charge on any atom is 0.154 e. The van der Waals surface area contributed by atoms with Gasteiger partial charge in [-0.25, -0.2) is 0 Å². The molecule has 0 spiro atoms. The van der Waals surface area contributed by atoms with Gasteiger partial charge in [0.2, 0.25) is 0 Å². The van der Waals surface area contributed by atoms with E-state index in [-0.39, 0.29) is 6.04 Å². The van der Waals surface area contributed by atoms with E-state index in [1.807, 2.05) is 24.3 Å². The molecule has 2 rings (SSSR count). The number of aromatic nitrogens is 1. The van der Waals surface area contributed by atoms with Gasteiger partial charge in [0, 0.05) is 16.1 Å². The molecule has 0 saturated carbocycles. The van der Waals surface area contributed by atoms with Crippen LogP contribution in [0.5, 0.6) is 0 Å². The molecule has 18 heavy (non-hydrogen) atoms. The average Bonchev–Trinajstić information content (AvgIpc) is 2.82. The zero-order valence-electron chi connectivity index (χ0n) is 9.99. The van der Waals surface area contributed by atoms with Crippen LogP contribution < -0.4 is 5.73 Å². The number of hydrogen-bond acceptors (Lipinski definition) is 3. The summed E-state index contributed by atoms with van der Waals surface area (Å²) in [6.07, 6.45) is 1.91. The molecule has 0 saturated heterocycles. The second kappa shape index (κ2) is 5.87. The summed E-state index contributed by atoms with van der Waals surface area (Å²) in [5.74, 6) is 0.720. The van der Waals surface area contributed by atoms with E-state index in [0.717, 1.165) is 34.3 Å². The number of hydrogen-bond donors (Lipinski definition) is 1. The van der Waals surface area contributed by atoms with Crippen LogP contribution in [-0.4, -0.2) is 5.16 Å². The Kier molecular flexibility index (Phi) is 4.43. The molecule has 0 bridgehead atoms. The Balaban J connectivity index is 2.26. The maximum absolute atomic E-state index is 5.99. The highest BCUT2D eigenvalue weighted by Gasteiger charge is 2.13. The van der Waals surface area contributed by atoms with Crippen molar-refractivity contribution in [3.05, 3.63) is 39.5 Å². The summed E-state index contributed by atoms with van der Waals surface area (Å²) in [7, 11) is 0. The van der Waals surface area contributed by atoms with Crippen molar-refractivity contribution < 1.29 is 4.52 Å². The molecular weight excluding hydrogens is 316 g/mol. The van der Waals surface area contributed by atoms with Crippen LogP contribution in [0.4, 0.5) is 0 Å². The third-order valence-corrected chi connectivity index (χ3v) is 3.92. The zero-order valence-corrected chi connectivity index (χ0v) is 12.3. The van der Waals surface area contributed by atoms with E-state index < -0.39 is 0 Å². The lowest BCUT2D eigenvalue weighted by atomic mass is 10.1. The number of halogens is 2. The Bertz CT molecular complexity index is 542. The highest BCUT2D eigenvalue weighted by molar-refractivity contribution is 9.10. The Morgan fingerprint density at radius 3 is 2.89 bits per heavy atom. The predicted octanol–water partition coefficient (Wildman–Crippen LogP) is 4.56. The summed E-state index contributed by atoms with van der Waals surface area (Å²) < 4.78 is 6.12. The van der Waals surface area contributed by atoms with E-state index in [1.54, 1.807) is 0 Å². The molecule has 0 radical (unpaired) electrons. The van der Waals surface area contributed by atoms with Gasteiger partial charge in [-0.05, 0) is 34.5 Å². The third kappa shape index (κ3) is 2.94. The Morgan fingerprint density at radius 1 is 1.44 bits per heavy atom. The van der Waals surface area contributed by atoms with E-state index in [4.69, 9.17) is 21.9 Å². The van der Waals surface area contributed by atoms with Gasteiger partial charge >= 0.3 is 0 Å². The minimum absolute atomic E-state index is 0.0907. The molecule has 0 fully saturated rings. The fourth-order valence-electron chi connectivity index (χ4n) is 1.71. The molecule has 3 nitrogen and oxygen atoms in total. The summed E-state index contributed by atoms with van der Waals surface area (Å²) in [6.45, 7) is 2.09. The molecule has 2 aromatic rings. The number of nitrogens with two attached hydrogens (primary N) is 1. The zero-order chi connectivity index (χ0) is 13.1. The topological polar surface area (TPSA) is 52.0 Å². The molecule has 1 unspecified atom stereocenters. The van der Waals surface area contributed by atoms with E-state index in [2.05, 4.69) is 28.0 Å². The van der Waals surface area contributed by atoms with E-state index in [0.29, 0.717) is 5.02 Å². The number of nitrogens with zero attached hydrogens (tertiary/aromatic N) is 1. The summed E-state index contributed by atoms with van der Waals surface area (Å²) in [5.41, 5.74) is 7.71. The quantitative estimate of drug-likeness (QED) is 0.894. The van der Waals surface area contributed by atoms with Crippen molar-refractivity contribution in [2.75, 3.05) is 0 Å². The van der Waals surface area contributed by atoms with E-state index in [1.165, 1.54) is 0 Å². The molecule has 5 heteroatoms. The van der Waals surface area contributed by atoms with Crippen LogP contribution in [0.15, 0.2) is 33.3 Å². The predicted molar refractivity (Wildman–Crippen MR) is 76.5 cm³/mol. The van der Waals surface area contributed by atoms with Crippen molar-refractivity contribution in [3.8, 4) is 11.3 Å². The largest absolute Gasteiger partial charge is 0.359 e. The normalized spacial score (nSPS) is 12.7. The fourth-order valence-corrected chi connectivity index (χ4v) is 2.21. The van der Waals surface area contributed by atoms with Crippen molar-refractivity contribution >= 4 is 27.5 Å². The van der Waals surface area contributed by atoms with Gasteiger partial charge in [0.05, 0.1) is 11.1 Å². The Morgan fingerprint density at radius 2 is 2.22 bits per heavy atom. The van der Waals surface area contributed by atoms with Crippen molar-refractivity contribution in [1.29, 1.82) is 0 Å². The molecule has 0 amide bonds. The molecule has 1 aromatic carbocycles. The maximum atomic E-state index is 5.99. The van der Waals surface area contributed by atoms with Crippen LogP contribution in [0, 0.1) is 0 Å². The lowest BCUT2D eigenvalue weighted by molar-refractivity contribution is 0.356. The van der Waals surface area contributed by atoms with Gasteiger partial charge in [-0.1, -0.05) is 36.2 Å². The van der Waals surface area contributed by atoms with Gasteiger partial charge < -0.3 is 10.3 Å². The van der Waals surface area contributed by atoms with E-state index >= 15 is 0 Å². The second-order valence-electron chi connectivity index (χ2n) is 4.14. The summed E-state index contributed by atoms with van der Waals surface area (Å²) in [6, 6.07) is 7.43. The SMILES string of the molecule is CCCC(N)c1cc(-c2ccc(Cl)c(Br)c2)no1. The summed E-state index contributed by atoms with van der Waals surface area (Å²) in [4.78, 5) is 0. The highest BCUT2D eigenvalue weighted by atomic mass is 79.9. The van der Waals surface area contributed by atoms with E-state index in [9.17, 15) is 0 Å². The van der Waals surface area contributed by atoms with Crippen LogP contribution in [0.3, 0.4) is 0 Å². The van der Waals surface area contributed by atoms with Gasteiger partial charge in [0.1, 0.15) is 5.69 Å². The standard InChI is InChI=1S/C13H14BrClN2O/c1-2-3-11(16)13-7-12(17-18-13)8-4-5-10(15)9(14)6-8/h4-7,11H,2-3,16H2,1H3. The summed E-state index contributed by atoms with van der Waals surface area (Å²) >= 11 is 9.34. The first-order valence-electron chi connectivity index (χ1n) is 5.79. The average molecular weight is 330 g/mol. The van der Waals surface area contributed by atoms with Crippen LogP contribution >= 0.6 is 27.5 Å². The molecule has 2 N–H and O–H groups in total. The Labute approximate surface area is 119 Å². The minimum Gasteiger partial charge on any atom is -0.359 e. The van der Waals surface area contributed by atoms with Crippen LogP contribution in [0.2, 0.25) is 5.02 Å². The van der Waals surface area contributed by atoms with Crippen molar-refractivity contribution in [2.45, 2.75) is 25.8 Å². The molecule has 96 valence electrons. The van der Waals surface area contributed by atoms with Crippen LogP contribution in [-0.2, 0) is 0 Å². The minimum atomic E-state index is -0.0907. The third-order valence-electron chi connectivity index (χ3n) is 2.71. The molecule has 1 aromatic heterocycles. The monoisotopic (exact) mass is 328 g/mol.